The van der Waals surface area contributed by atoms with Gasteiger partial charge in [-0.2, -0.15) is 4.98 Å². The van der Waals surface area contributed by atoms with Crippen LogP contribution in [0.25, 0.3) is 5.69 Å². The molecule has 0 aliphatic heterocycles. The quantitative estimate of drug-likeness (QED) is 0.530. The monoisotopic (exact) mass is 490 g/mol. The smallest absolute Gasteiger partial charge is 0.280 e. The van der Waals surface area contributed by atoms with Gasteiger partial charge >= 0.3 is 0 Å². The second-order valence-corrected chi connectivity index (χ2v) is 7.68. The Morgan fingerprint density at radius 3 is 2.56 bits per heavy atom. The third-order valence-corrected chi connectivity index (χ3v) is 5.27. The Morgan fingerprint density at radius 2 is 1.88 bits per heavy atom. The van der Waals surface area contributed by atoms with Crippen molar-refractivity contribution in [3.05, 3.63) is 85.9 Å². The number of benzene rings is 2. The summed E-state index contributed by atoms with van der Waals surface area (Å²) in [7, 11) is 1.45. The Kier molecular flexibility index (Phi) is 7.62. The van der Waals surface area contributed by atoms with Crippen molar-refractivity contribution in [3.63, 3.8) is 0 Å². The fourth-order valence-corrected chi connectivity index (χ4v) is 3.27. The van der Waals surface area contributed by atoms with Crippen LogP contribution in [0.3, 0.4) is 0 Å². The van der Waals surface area contributed by atoms with Crippen molar-refractivity contribution in [2.45, 2.75) is 20.5 Å². The number of hydrogen-bond acceptors (Lipinski definition) is 5. The molecule has 0 spiro atoms. The molecule has 0 saturated carbocycles. The molecule has 11 heteroatoms. The van der Waals surface area contributed by atoms with E-state index in [0.29, 0.717) is 11.3 Å². The summed E-state index contributed by atoms with van der Waals surface area (Å²) in [5, 5.41) is 4.54. The molecule has 0 aliphatic rings. The number of aromatic nitrogens is 2. The van der Waals surface area contributed by atoms with Crippen LogP contribution in [0.1, 0.15) is 27.3 Å². The summed E-state index contributed by atoms with van der Waals surface area (Å²) in [6.45, 7) is 2.76. The van der Waals surface area contributed by atoms with Crippen LogP contribution in [-0.2, 0) is 11.4 Å². The van der Waals surface area contributed by atoms with Crippen LogP contribution >= 0.6 is 11.6 Å². The maximum Gasteiger partial charge on any atom is 0.280 e. The van der Waals surface area contributed by atoms with Crippen LogP contribution in [0.2, 0.25) is 5.02 Å². The van der Waals surface area contributed by atoms with Gasteiger partial charge in [0.05, 0.1) is 12.2 Å². The molecule has 0 aliphatic carbocycles. The van der Waals surface area contributed by atoms with Crippen molar-refractivity contribution in [2.75, 3.05) is 13.6 Å². The lowest BCUT2D eigenvalue weighted by atomic mass is 10.1. The van der Waals surface area contributed by atoms with Crippen LogP contribution in [-0.4, -0.2) is 35.0 Å². The van der Waals surface area contributed by atoms with Crippen molar-refractivity contribution in [3.8, 4) is 11.6 Å². The average molecular weight is 491 g/mol. The zero-order valence-corrected chi connectivity index (χ0v) is 19.3. The minimum atomic E-state index is -0.802. The minimum Gasteiger partial charge on any atom is -0.471 e. The number of nitrogens with one attached hydrogen (secondary N) is 2. The summed E-state index contributed by atoms with van der Waals surface area (Å²) < 4.78 is 33.6. The van der Waals surface area contributed by atoms with Crippen molar-refractivity contribution < 1.29 is 23.1 Å². The maximum absolute atomic E-state index is 13.9. The SMILES string of the molecule is CNC(=O)CNC(=O)c1ccc(C)c(-n2c(C)nc(OCc3ccc(F)cc3F)c(Cl)c2=O)c1. The molecule has 0 radical (unpaired) electrons. The first-order valence-electron chi connectivity index (χ1n) is 10.1. The predicted octanol–water partition coefficient (Wildman–Crippen LogP) is 2.84. The number of carbonyl (C=O) groups is 2. The summed E-state index contributed by atoms with van der Waals surface area (Å²) >= 11 is 6.21. The Labute approximate surface area is 198 Å². The van der Waals surface area contributed by atoms with Gasteiger partial charge < -0.3 is 15.4 Å². The van der Waals surface area contributed by atoms with E-state index in [-0.39, 0.29) is 46.9 Å². The number of ether oxygens (including phenoxy) is 1. The lowest BCUT2D eigenvalue weighted by Gasteiger charge is -2.16. The molecule has 1 aromatic heterocycles. The number of carbonyl (C=O) groups excluding carboxylic acids is 2. The van der Waals surface area contributed by atoms with Crippen LogP contribution in [0.15, 0.2) is 41.2 Å². The van der Waals surface area contributed by atoms with Gasteiger partial charge in [-0.05, 0) is 43.7 Å². The van der Waals surface area contributed by atoms with Gasteiger partial charge in [0.25, 0.3) is 11.5 Å². The van der Waals surface area contributed by atoms with Gasteiger partial charge in [0.1, 0.15) is 24.1 Å². The molecule has 2 amide bonds. The van der Waals surface area contributed by atoms with Crippen molar-refractivity contribution >= 4 is 23.4 Å². The lowest BCUT2D eigenvalue weighted by Crippen LogP contribution is -2.35. The van der Waals surface area contributed by atoms with Crippen LogP contribution in [0.5, 0.6) is 5.88 Å². The first kappa shape index (κ1) is 24.8. The third-order valence-electron chi connectivity index (χ3n) is 4.95. The Bertz CT molecular complexity index is 1330. The second kappa shape index (κ2) is 10.4. The summed E-state index contributed by atoms with van der Waals surface area (Å²) in [4.78, 5) is 41.1. The summed E-state index contributed by atoms with van der Waals surface area (Å²) in [6.07, 6.45) is 0. The van der Waals surface area contributed by atoms with Gasteiger partial charge in [-0.1, -0.05) is 17.7 Å². The molecule has 2 aromatic carbocycles. The van der Waals surface area contributed by atoms with Gasteiger partial charge in [-0.15, -0.1) is 0 Å². The number of rotatable bonds is 7. The van der Waals surface area contributed by atoms with Crippen molar-refractivity contribution in [1.82, 2.24) is 20.2 Å². The molecule has 3 aromatic rings. The Morgan fingerprint density at radius 1 is 1.15 bits per heavy atom. The topological polar surface area (TPSA) is 102 Å². The first-order valence-corrected chi connectivity index (χ1v) is 10.5. The second-order valence-electron chi connectivity index (χ2n) is 7.30. The number of aryl methyl sites for hydroxylation is 2. The highest BCUT2D eigenvalue weighted by atomic mass is 35.5. The third kappa shape index (κ3) is 5.40. The normalized spacial score (nSPS) is 10.6. The zero-order valence-electron chi connectivity index (χ0n) is 18.5. The van der Waals surface area contributed by atoms with Gasteiger partial charge in [0, 0.05) is 24.2 Å². The highest BCUT2D eigenvalue weighted by Gasteiger charge is 2.19. The fraction of sp³-hybridized carbons (Fsp3) is 0.217. The summed E-state index contributed by atoms with van der Waals surface area (Å²) in [5.74, 6) is -2.40. The van der Waals surface area contributed by atoms with E-state index in [2.05, 4.69) is 15.6 Å². The Hall–Kier alpha value is -3.79. The molecule has 0 bridgehead atoms. The maximum atomic E-state index is 13.9. The molecule has 0 unspecified atom stereocenters. The van der Waals surface area contributed by atoms with E-state index in [1.165, 1.54) is 23.7 Å². The Balaban J connectivity index is 1.92. The van der Waals surface area contributed by atoms with Crippen LogP contribution in [0, 0.1) is 25.5 Å². The highest BCUT2D eigenvalue weighted by molar-refractivity contribution is 6.31. The minimum absolute atomic E-state index is 0.0624. The van der Waals surface area contributed by atoms with Gasteiger partial charge in [0.15, 0.2) is 5.02 Å². The molecule has 2 N–H and O–H groups in total. The van der Waals surface area contributed by atoms with E-state index >= 15 is 0 Å². The van der Waals surface area contributed by atoms with Gasteiger partial charge in [-0.25, -0.2) is 8.78 Å². The van der Waals surface area contributed by atoms with Crippen molar-refractivity contribution in [1.29, 1.82) is 0 Å². The molecule has 1 heterocycles. The van der Waals surface area contributed by atoms with Gasteiger partial charge in [-0.3, -0.25) is 19.0 Å². The molecule has 178 valence electrons. The molecule has 34 heavy (non-hydrogen) atoms. The standard InChI is InChI=1S/C23H21ClF2N4O4/c1-12-4-5-14(21(32)28-10-19(31)27-3)8-18(12)30-13(2)29-22(20(24)23(30)33)34-11-15-6-7-16(25)9-17(15)26/h4-9H,10-11H2,1-3H3,(H,27,31)(H,28,32). The molecular weight excluding hydrogens is 470 g/mol. The largest absolute Gasteiger partial charge is 0.471 e. The average Bonchev–Trinajstić information content (AvgIpc) is 2.80. The van der Waals surface area contributed by atoms with Crippen molar-refractivity contribution in [2.24, 2.45) is 0 Å². The number of halogens is 3. The van der Waals surface area contributed by atoms with E-state index in [1.54, 1.807) is 26.0 Å². The molecule has 0 atom stereocenters. The summed E-state index contributed by atoms with van der Waals surface area (Å²) in [5.41, 5.74) is 0.648. The molecule has 8 nitrogen and oxygen atoms in total. The molecule has 3 rings (SSSR count). The molecule has 0 fully saturated rings. The van der Waals surface area contributed by atoms with E-state index in [1.807, 2.05) is 0 Å². The highest BCUT2D eigenvalue weighted by Crippen LogP contribution is 2.23. The van der Waals surface area contributed by atoms with Crippen LogP contribution in [0.4, 0.5) is 8.78 Å². The number of hydrogen-bond donors (Lipinski definition) is 2. The number of likely N-dealkylation sites (N-methyl/N-ethyl adjacent to an activating group) is 1. The van der Waals surface area contributed by atoms with E-state index in [4.69, 9.17) is 16.3 Å². The van der Waals surface area contributed by atoms with E-state index in [9.17, 15) is 23.2 Å². The molecule has 0 saturated heterocycles. The van der Waals surface area contributed by atoms with Crippen LogP contribution < -0.4 is 20.9 Å². The number of nitrogens with zero attached hydrogens (tertiary/aromatic N) is 2. The van der Waals surface area contributed by atoms with E-state index in [0.717, 1.165) is 12.1 Å². The van der Waals surface area contributed by atoms with Gasteiger partial charge in [0.2, 0.25) is 11.8 Å². The van der Waals surface area contributed by atoms with E-state index < -0.39 is 23.1 Å². The first-order chi connectivity index (χ1) is 16.1. The molecular formula is C23H21ClF2N4O4. The fourth-order valence-electron chi connectivity index (χ4n) is 3.09. The lowest BCUT2D eigenvalue weighted by molar-refractivity contribution is -0.119. The number of amides is 2. The predicted molar refractivity (Wildman–Crippen MR) is 121 cm³/mol. The zero-order chi connectivity index (χ0) is 25.0. The summed E-state index contributed by atoms with van der Waals surface area (Å²) in [6, 6.07) is 7.71.